The summed E-state index contributed by atoms with van der Waals surface area (Å²) in [5, 5.41) is 8.76. The first kappa shape index (κ1) is 15.3. The molecule has 1 aromatic rings. The lowest BCUT2D eigenvalue weighted by atomic mass is 9.94. The topological polar surface area (TPSA) is 57.6 Å². The van der Waals surface area contributed by atoms with Gasteiger partial charge >= 0.3 is 5.97 Å². The number of carboxylic acids is 1. The van der Waals surface area contributed by atoms with Crippen molar-refractivity contribution >= 4 is 11.9 Å². The Balaban J connectivity index is 2.16. The van der Waals surface area contributed by atoms with E-state index in [2.05, 4.69) is 0 Å². The number of hydrogen-bond acceptors (Lipinski definition) is 2. The van der Waals surface area contributed by atoms with Crippen LogP contribution in [0, 0.1) is 23.4 Å². The first-order valence-electron chi connectivity index (χ1n) is 6.54. The average molecular weight is 301 g/mol. The number of nitrogens with zero attached hydrogens (tertiary/aromatic N) is 1. The molecular formula is C14H14F3NO3. The zero-order valence-electron chi connectivity index (χ0n) is 11.1. The Morgan fingerprint density at radius 1 is 1.24 bits per heavy atom. The van der Waals surface area contributed by atoms with E-state index in [-0.39, 0.29) is 18.9 Å². The van der Waals surface area contributed by atoms with Crippen LogP contribution in [0.4, 0.5) is 13.2 Å². The van der Waals surface area contributed by atoms with Gasteiger partial charge < -0.3 is 10.0 Å². The fraction of sp³-hybridized carbons (Fsp3) is 0.429. The van der Waals surface area contributed by atoms with Crippen molar-refractivity contribution < 1.29 is 27.9 Å². The second kappa shape index (κ2) is 6.15. The molecule has 4 nitrogen and oxygen atoms in total. The number of hydrogen-bond donors (Lipinski definition) is 1. The zero-order valence-corrected chi connectivity index (χ0v) is 11.1. The Bertz CT molecular complexity index is 577. The number of halogens is 3. The molecule has 1 N–H and O–H groups in total. The minimum Gasteiger partial charge on any atom is -0.481 e. The molecule has 0 saturated carbocycles. The number of carbonyl (C=O) groups excluding carboxylic acids is 1. The summed E-state index contributed by atoms with van der Waals surface area (Å²) in [5.41, 5.74) is -0.537. The first-order chi connectivity index (χ1) is 9.90. The highest BCUT2D eigenvalue weighted by Gasteiger charge is 2.28. The molecule has 0 spiro atoms. The van der Waals surface area contributed by atoms with Crippen LogP contribution in [-0.4, -0.2) is 35.0 Å². The van der Waals surface area contributed by atoms with Gasteiger partial charge in [0.25, 0.3) is 5.91 Å². The SMILES string of the molecule is O=C(O)CC1CCCN(C(=O)c2ccc(F)c(F)c2F)C1. The van der Waals surface area contributed by atoms with Gasteiger partial charge in [-0.2, -0.15) is 0 Å². The molecule has 1 amide bonds. The van der Waals surface area contributed by atoms with Crippen molar-refractivity contribution in [3.63, 3.8) is 0 Å². The van der Waals surface area contributed by atoms with E-state index in [0.29, 0.717) is 25.5 Å². The maximum atomic E-state index is 13.6. The van der Waals surface area contributed by atoms with E-state index in [1.807, 2.05) is 0 Å². The molecule has 1 aromatic carbocycles. The van der Waals surface area contributed by atoms with Gasteiger partial charge in [-0.1, -0.05) is 0 Å². The van der Waals surface area contributed by atoms with Gasteiger partial charge in [-0.25, -0.2) is 13.2 Å². The largest absolute Gasteiger partial charge is 0.481 e. The van der Waals surface area contributed by atoms with Gasteiger partial charge in [0.2, 0.25) is 0 Å². The Hall–Kier alpha value is -2.05. The van der Waals surface area contributed by atoms with E-state index in [1.54, 1.807) is 0 Å². The number of carboxylic acid groups (broad SMARTS) is 1. The highest BCUT2D eigenvalue weighted by molar-refractivity contribution is 5.94. The van der Waals surface area contributed by atoms with E-state index in [9.17, 15) is 22.8 Å². The highest BCUT2D eigenvalue weighted by Crippen LogP contribution is 2.23. The second-order valence-corrected chi connectivity index (χ2v) is 5.08. The molecule has 2 rings (SSSR count). The number of benzene rings is 1. The monoisotopic (exact) mass is 301 g/mol. The van der Waals surface area contributed by atoms with Crippen molar-refractivity contribution in [2.75, 3.05) is 13.1 Å². The summed E-state index contributed by atoms with van der Waals surface area (Å²) in [6, 6.07) is 1.60. The number of likely N-dealkylation sites (tertiary alicyclic amines) is 1. The third kappa shape index (κ3) is 3.34. The third-order valence-corrected chi connectivity index (χ3v) is 3.54. The van der Waals surface area contributed by atoms with E-state index in [0.717, 1.165) is 6.07 Å². The molecule has 0 bridgehead atoms. The van der Waals surface area contributed by atoms with Crippen LogP contribution in [0.2, 0.25) is 0 Å². The quantitative estimate of drug-likeness (QED) is 0.872. The predicted octanol–water partition coefficient (Wildman–Crippen LogP) is 2.43. The van der Waals surface area contributed by atoms with Crippen LogP contribution in [0.3, 0.4) is 0 Å². The minimum absolute atomic E-state index is 0.0793. The summed E-state index contributed by atoms with van der Waals surface area (Å²) in [5.74, 6) is -6.48. The molecule has 114 valence electrons. The molecule has 1 fully saturated rings. The van der Waals surface area contributed by atoms with Gasteiger partial charge in [-0.05, 0) is 30.9 Å². The summed E-state index contributed by atoms with van der Waals surface area (Å²) >= 11 is 0. The fourth-order valence-corrected chi connectivity index (χ4v) is 2.52. The van der Waals surface area contributed by atoms with E-state index < -0.39 is 34.9 Å². The maximum absolute atomic E-state index is 13.6. The summed E-state index contributed by atoms with van der Waals surface area (Å²) in [6.45, 7) is 0.511. The van der Waals surface area contributed by atoms with E-state index in [4.69, 9.17) is 5.11 Å². The molecule has 1 aliphatic heterocycles. The molecular weight excluding hydrogens is 287 g/mol. The summed E-state index contributed by atoms with van der Waals surface area (Å²) in [7, 11) is 0. The number of amides is 1. The normalized spacial score (nSPS) is 18.6. The molecule has 0 aromatic heterocycles. The van der Waals surface area contributed by atoms with E-state index >= 15 is 0 Å². The number of aliphatic carboxylic acids is 1. The summed E-state index contributed by atoms with van der Waals surface area (Å²) in [4.78, 5) is 24.1. The van der Waals surface area contributed by atoms with Gasteiger partial charge in [0, 0.05) is 19.5 Å². The van der Waals surface area contributed by atoms with Crippen molar-refractivity contribution in [1.82, 2.24) is 4.90 Å². The van der Waals surface area contributed by atoms with Gasteiger partial charge in [-0.3, -0.25) is 9.59 Å². The van der Waals surface area contributed by atoms with Crippen LogP contribution < -0.4 is 0 Å². The highest BCUT2D eigenvalue weighted by atomic mass is 19.2. The van der Waals surface area contributed by atoms with Crippen molar-refractivity contribution in [1.29, 1.82) is 0 Å². The van der Waals surface area contributed by atoms with Gasteiger partial charge in [0.05, 0.1) is 5.56 Å². The van der Waals surface area contributed by atoms with Crippen LogP contribution in [-0.2, 0) is 4.79 Å². The standard InChI is InChI=1S/C14H14F3NO3/c15-10-4-3-9(12(16)13(10)17)14(21)18-5-1-2-8(7-18)6-11(19)20/h3-4,8H,1-2,5-7H2,(H,19,20). The van der Waals surface area contributed by atoms with Gasteiger partial charge in [0.15, 0.2) is 17.5 Å². The Labute approximate surface area is 119 Å². The number of piperidine rings is 1. The zero-order chi connectivity index (χ0) is 15.6. The molecule has 1 atom stereocenters. The fourth-order valence-electron chi connectivity index (χ4n) is 2.52. The molecule has 1 unspecified atom stereocenters. The van der Waals surface area contributed by atoms with Crippen LogP contribution in [0.25, 0.3) is 0 Å². The molecule has 1 aliphatic rings. The Morgan fingerprint density at radius 2 is 1.95 bits per heavy atom. The van der Waals surface area contributed by atoms with E-state index in [1.165, 1.54) is 4.90 Å². The predicted molar refractivity (Wildman–Crippen MR) is 67.2 cm³/mol. The summed E-state index contributed by atoms with van der Waals surface area (Å²) in [6.07, 6.45) is 1.18. The van der Waals surface area contributed by atoms with Crippen molar-refractivity contribution in [3.8, 4) is 0 Å². The first-order valence-corrected chi connectivity index (χ1v) is 6.54. The van der Waals surface area contributed by atoms with Crippen molar-refractivity contribution in [2.24, 2.45) is 5.92 Å². The Kier molecular flexibility index (Phi) is 4.50. The maximum Gasteiger partial charge on any atom is 0.303 e. The molecule has 0 aliphatic carbocycles. The molecule has 1 heterocycles. The van der Waals surface area contributed by atoms with Crippen LogP contribution in [0.15, 0.2) is 12.1 Å². The average Bonchev–Trinajstić information content (AvgIpc) is 2.44. The second-order valence-electron chi connectivity index (χ2n) is 5.08. The molecule has 21 heavy (non-hydrogen) atoms. The molecule has 1 saturated heterocycles. The lowest BCUT2D eigenvalue weighted by Gasteiger charge is -2.32. The lowest BCUT2D eigenvalue weighted by molar-refractivity contribution is -0.138. The third-order valence-electron chi connectivity index (χ3n) is 3.54. The lowest BCUT2D eigenvalue weighted by Crippen LogP contribution is -2.41. The summed E-state index contributed by atoms with van der Waals surface area (Å²) < 4.78 is 39.7. The number of rotatable bonds is 3. The van der Waals surface area contributed by atoms with Gasteiger partial charge in [-0.15, -0.1) is 0 Å². The van der Waals surface area contributed by atoms with Crippen molar-refractivity contribution in [3.05, 3.63) is 35.1 Å². The van der Waals surface area contributed by atoms with Crippen LogP contribution in [0.5, 0.6) is 0 Å². The minimum atomic E-state index is -1.68. The smallest absolute Gasteiger partial charge is 0.303 e. The van der Waals surface area contributed by atoms with Gasteiger partial charge in [0.1, 0.15) is 0 Å². The van der Waals surface area contributed by atoms with Crippen molar-refractivity contribution in [2.45, 2.75) is 19.3 Å². The van der Waals surface area contributed by atoms with Crippen LogP contribution >= 0.6 is 0 Å². The Morgan fingerprint density at radius 3 is 2.62 bits per heavy atom. The molecule has 0 radical (unpaired) electrons. The molecule has 7 heteroatoms. The van der Waals surface area contributed by atoms with Crippen LogP contribution in [0.1, 0.15) is 29.6 Å². The number of carbonyl (C=O) groups is 2.